The zero-order valence-electron chi connectivity index (χ0n) is 23.7. The van der Waals surface area contributed by atoms with E-state index in [0.29, 0.717) is 23.4 Å². The molecule has 0 spiro atoms. The first kappa shape index (κ1) is 32.5. The van der Waals surface area contributed by atoms with Crippen LogP contribution in [0.3, 0.4) is 0 Å². The van der Waals surface area contributed by atoms with Crippen molar-refractivity contribution in [3.8, 4) is 5.75 Å². The highest BCUT2D eigenvalue weighted by Crippen LogP contribution is 2.29. The first-order valence-electron chi connectivity index (χ1n) is 12.7. The summed E-state index contributed by atoms with van der Waals surface area (Å²) in [5.74, 6) is -1.18. The SMILES string of the molecule is CN(c1ccc2c(c1)nc(Nc1ccc(F)cc1)n2C)c1ccnc(Nc2ccc(OS(C)(=O)=O)cc2)n1.O=C(O)C(F)(F)F. The highest BCUT2D eigenvalue weighted by molar-refractivity contribution is 7.86. The number of aliphatic carboxylic acids is 1. The number of hydrogen-bond acceptors (Lipinski definition) is 10. The molecule has 45 heavy (non-hydrogen) atoms. The van der Waals surface area contributed by atoms with Crippen molar-refractivity contribution in [1.29, 1.82) is 0 Å². The van der Waals surface area contributed by atoms with Crippen LogP contribution in [0.4, 0.5) is 52.3 Å². The van der Waals surface area contributed by atoms with E-state index >= 15 is 0 Å². The van der Waals surface area contributed by atoms with Crippen molar-refractivity contribution >= 4 is 61.9 Å². The number of benzene rings is 3. The number of anilines is 6. The van der Waals surface area contributed by atoms with Crippen LogP contribution in [0, 0.1) is 5.82 Å². The van der Waals surface area contributed by atoms with Crippen LogP contribution in [0.15, 0.2) is 79.0 Å². The summed E-state index contributed by atoms with van der Waals surface area (Å²) in [5.41, 5.74) is 3.99. The molecule has 2 aromatic heterocycles. The van der Waals surface area contributed by atoms with Crippen molar-refractivity contribution < 1.29 is 40.1 Å². The molecule has 12 nitrogen and oxygen atoms in total. The van der Waals surface area contributed by atoms with Crippen LogP contribution >= 0.6 is 0 Å². The predicted octanol–water partition coefficient (Wildman–Crippen LogP) is 5.73. The van der Waals surface area contributed by atoms with E-state index in [1.165, 1.54) is 12.1 Å². The summed E-state index contributed by atoms with van der Waals surface area (Å²) in [4.78, 5) is 24.4. The summed E-state index contributed by atoms with van der Waals surface area (Å²) in [7, 11) is 0.210. The van der Waals surface area contributed by atoms with Crippen molar-refractivity contribution in [3.63, 3.8) is 0 Å². The number of rotatable bonds is 8. The predicted molar refractivity (Wildman–Crippen MR) is 159 cm³/mol. The largest absolute Gasteiger partial charge is 0.490 e. The Morgan fingerprint density at radius 2 is 1.56 bits per heavy atom. The van der Waals surface area contributed by atoms with Crippen LogP contribution in [-0.4, -0.2) is 58.5 Å². The normalized spacial score (nSPS) is 11.4. The van der Waals surface area contributed by atoms with Crippen molar-refractivity contribution in [2.75, 3.05) is 28.8 Å². The molecule has 17 heteroatoms. The van der Waals surface area contributed by atoms with Crippen molar-refractivity contribution in [1.82, 2.24) is 19.5 Å². The Balaban J connectivity index is 0.000000591. The maximum atomic E-state index is 13.2. The van der Waals surface area contributed by atoms with Crippen LogP contribution in [0.25, 0.3) is 11.0 Å². The molecule has 0 aliphatic heterocycles. The molecule has 0 bridgehead atoms. The van der Waals surface area contributed by atoms with E-state index in [0.717, 1.165) is 28.7 Å². The van der Waals surface area contributed by atoms with E-state index in [4.69, 9.17) is 19.1 Å². The van der Waals surface area contributed by atoms with Crippen molar-refractivity contribution in [2.24, 2.45) is 7.05 Å². The number of carboxylic acids is 1. The lowest BCUT2D eigenvalue weighted by Crippen LogP contribution is -2.21. The monoisotopic (exact) mass is 647 g/mol. The maximum absolute atomic E-state index is 13.2. The van der Waals surface area contributed by atoms with Gasteiger partial charge in [0.25, 0.3) is 0 Å². The van der Waals surface area contributed by atoms with Gasteiger partial charge in [0.2, 0.25) is 11.9 Å². The summed E-state index contributed by atoms with van der Waals surface area (Å²) in [6, 6.07) is 20.2. The van der Waals surface area contributed by atoms with Gasteiger partial charge in [-0.05, 0) is 72.8 Å². The molecule has 0 saturated heterocycles. The topological polar surface area (TPSA) is 152 Å². The van der Waals surface area contributed by atoms with Crippen LogP contribution in [0.1, 0.15) is 0 Å². The van der Waals surface area contributed by atoms with E-state index in [-0.39, 0.29) is 11.6 Å². The first-order chi connectivity index (χ1) is 21.1. The Bertz CT molecular complexity index is 1920. The Morgan fingerprint density at radius 3 is 2.16 bits per heavy atom. The van der Waals surface area contributed by atoms with Crippen LogP contribution in [0.5, 0.6) is 5.75 Å². The third-order valence-electron chi connectivity index (χ3n) is 5.94. The molecule has 0 unspecified atom stereocenters. The molecule has 5 rings (SSSR count). The van der Waals surface area contributed by atoms with Gasteiger partial charge < -0.3 is 29.4 Å². The lowest BCUT2D eigenvalue weighted by molar-refractivity contribution is -0.192. The molecular formula is C28H25F4N7O5S. The van der Waals surface area contributed by atoms with Gasteiger partial charge in [-0.2, -0.15) is 26.6 Å². The number of nitrogens with one attached hydrogen (secondary N) is 2. The Kier molecular flexibility index (Phi) is 9.41. The van der Waals surface area contributed by atoms with E-state index in [1.54, 1.807) is 48.7 Å². The number of carboxylic acid groups (broad SMARTS) is 1. The summed E-state index contributed by atoms with van der Waals surface area (Å²) < 4.78 is 74.3. The molecule has 2 heterocycles. The number of halogens is 4. The van der Waals surface area contributed by atoms with Gasteiger partial charge in [0, 0.05) is 37.4 Å². The zero-order chi connectivity index (χ0) is 32.9. The number of carbonyl (C=O) groups is 1. The zero-order valence-corrected chi connectivity index (χ0v) is 24.6. The van der Waals surface area contributed by atoms with Crippen LogP contribution in [-0.2, 0) is 22.0 Å². The summed E-state index contributed by atoms with van der Waals surface area (Å²) in [6.45, 7) is 0. The van der Waals surface area contributed by atoms with E-state index in [1.807, 2.05) is 41.8 Å². The lowest BCUT2D eigenvalue weighted by atomic mass is 10.2. The molecule has 0 saturated carbocycles. The molecule has 0 aliphatic carbocycles. The molecule has 0 atom stereocenters. The minimum absolute atomic E-state index is 0.216. The van der Waals surface area contributed by atoms with E-state index < -0.39 is 22.3 Å². The first-order valence-corrected chi connectivity index (χ1v) is 14.5. The van der Waals surface area contributed by atoms with Gasteiger partial charge in [-0.3, -0.25) is 0 Å². The smallest absolute Gasteiger partial charge is 0.475 e. The standard InChI is InChI=1S/C26H24FN7O3S.C2HF3O2/c1-33(24-14-15-28-25(32-24)29-18-8-11-21(12-9-18)37-38(3,35)36)20-10-13-23-22(16-20)31-26(34(23)2)30-19-6-4-17(27)5-7-19;3-2(4,5)1(6)7/h4-16H,1-3H3,(H,30,31)(H,28,29,32);(H,6,7). The number of imidazole rings is 1. The Labute approximate surface area is 254 Å². The third kappa shape index (κ3) is 8.79. The highest BCUT2D eigenvalue weighted by Gasteiger charge is 2.38. The summed E-state index contributed by atoms with van der Waals surface area (Å²) in [6.07, 6.45) is -2.45. The second kappa shape index (κ2) is 13.0. The van der Waals surface area contributed by atoms with Gasteiger partial charge in [0.05, 0.1) is 17.3 Å². The van der Waals surface area contributed by atoms with Crippen LogP contribution in [0.2, 0.25) is 0 Å². The number of fused-ring (bicyclic) bond motifs is 1. The number of alkyl halides is 3. The third-order valence-corrected chi connectivity index (χ3v) is 6.43. The molecule has 0 amide bonds. The summed E-state index contributed by atoms with van der Waals surface area (Å²) in [5, 5.41) is 13.5. The number of aromatic nitrogens is 4. The molecule has 0 fully saturated rings. The fourth-order valence-corrected chi connectivity index (χ4v) is 4.26. The second-order valence-electron chi connectivity index (χ2n) is 9.34. The lowest BCUT2D eigenvalue weighted by Gasteiger charge is -2.19. The molecule has 5 aromatic rings. The Hall–Kier alpha value is -5.45. The molecule has 0 aliphatic rings. The van der Waals surface area contributed by atoms with Gasteiger partial charge in [0.1, 0.15) is 17.4 Å². The fraction of sp³-hybridized carbons (Fsp3) is 0.143. The van der Waals surface area contributed by atoms with E-state index in [9.17, 15) is 26.0 Å². The summed E-state index contributed by atoms with van der Waals surface area (Å²) >= 11 is 0. The molecule has 0 radical (unpaired) electrons. The number of aryl methyl sites for hydroxylation is 1. The van der Waals surface area contributed by atoms with Gasteiger partial charge in [-0.25, -0.2) is 19.2 Å². The van der Waals surface area contributed by atoms with E-state index in [2.05, 4.69) is 20.6 Å². The minimum atomic E-state index is -5.08. The highest BCUT2D eigenvalue weighted by atomic mass is 32.2. The average molecular weight is 648 g/mol. The van der Waals surface area contributed by atoms with Gasteiger partial charge in [-0.15, -0.1) is 0 Å². The number of nitrogens with zero attached hydrogens (tertiary/aromatic N) is 5. The Morgan fingerprint density at radius 1 is 0.956 bits per heavy atom. The number of hydrogen-bond donors (Lipinski definition) is 3. The van der Waals surface area contributed by atoms with Crippen molar-refractivity contribution in [2.45, 2.75) is 6.18 Å². The van der Waals surface area contributed by atoms with Gasteiger partial charge in [-0.1, -0.05) is 0 Å². The van der Waals surface area contributed by atoms with Gasteiger partial charge in [0.15, 0.2) is 0 Å². The average Bonchev–Trinajstić information content (AvgIpc) is 3.28. The minimum Gasteiger partial charge on any atom is -0.475 e. The van der Waals surface area contributed by atoms with Crippen molar-refractivity contribution in [3.05, 3.63) is 84.8 Å². The maximum Gasteiger partial charge on any atom is 0.490 e. The van der Waals surface area contributed by atoms with Gasteiger partial charge >= 0.3 is 22.3 Å². The fourth-order valence-electron chi connectivity index (χ4n) is 3.80. The van der Waals surface area contributed by atoms with Crippen LogP contribution < -0.4 is 19.7 Å². The second-order valence-corrected chi connectivity index (χ2v) is 10.9. The molecular weight excluding hydrogens is 622 g/mol. The quantitative estimate of drug-likeness (QED) is 0.140. The molecule has 3 aromatic carbocycles. The molecule has 236 valence electrons. The molecule has 3 N–H and O–H groups in total.